The van der Waals surface area contributed by atoms with Gasteiger partial charge in [0.05, 0.1) is 13.2 Å². The van der Waals surface area contributed by atoms with Gasteiger partial charge in [0, 0.05) is 24.7 Å². The van der Waals surface area contributed by atoms with E-state index in [1.54, 1.807) is 0 Å². The molecule has 0 spiro atoms. The summed E-state index contributed by atoms with van der Waals surface area (Å²) in [5.74, 6) is 0.532. The van der Waals surface area contributed by atoms with Crippen molar-refractivity contribution in [3.63, 3.8) is 0 Å². The number of halogens is 1. The van der Waals surface area contributed by atoms with Gasteiger partial charge < -0.3 is 4.74 Å². The van der Waals surface area contributed by atoms with E-state index in [0.717, 1.165) is 37.9 Å². The van der Waals surface area contributed by atoms with E-state index in [1.807, 2.05) is 13.8 Å². The number of rotatable bonds is 3. The van der Waals surface area contributed by atoms with Crippen molar-refractivity contribution in [3.8, 4) is 0 Å². The molecule has 0 unspecified atom stereocenters. The Kier molecular flexibility index (Phi) is 7.44. The Morgan fingerprint density at radius 1 is 1.21 bits per heavy atom. The summed E-state index contributed by atoms with van der Waals surface area (Å²) >= 11 is 6.33. The third-order valence-electron chi connectivity index (χ3n) is 3.24. The van der Waals surface area contributed by atoms with Gasteiger partial charge in [0.25, 0.3) is 0 Å². The molecule has 1 aromatic carbocycles. The zero-order chi connectivity index (χ0) is 14.3. The van der Waals surface area contributed by atoms with Crippen LogP contribution in [0, 0.1) is 0 Å². The SMILES string of the molecule is CC.CC(C)c1ccc(CN2CCOCC2)c(Cl)c1. The van der Waals surface area contributed by atoms with Crippen LogP contribution in [0.4, 0.5) is 0 Å². The van der Waals surface area contributed by atoms with Gasteiger partial charge in [-0.05, 0) is 23.1 Å². The van der Waals surface area contributed by atoms with Crippen LogP contribution in [0.25, 0.3) is 0 Å². The smallest absolute Gasteiger partial charge is 0.0594 e. The van der Waals surface area contributed by atoms with Gasteiger partial charge >= 0.3 is 0 Å². The fraction of sp³-hybridized carbons (Fsp3) is 0.625. The van der Waals surface area contributed by atoms with Crippen LogP contribution in [0.2, 0.25) is 5.02 Å². The Morgan fingerprint density at radius 3 is 2.37 bits per heavy atom. The molecule has 0 N–H and O–H groups in total. The minimum absolute atomic E-state index is 0.532. The Morgan fingerprint density at radius 2 is 1.84 bits per heavy atom. The molecule has 1 heterocycles. The molecule has 0 saturated carbocycles. The lowest BCUT2D eigenvalue weighted by atomic mass is 10.0. The van der Waals surface area contributed by atoms with E-state index in [0.29, 0.717) is 5.92 Å². The first-order valence-corrected chi connectivity index (χ1v) is 7.63. The highest BCUT2D eigenvalue weighted by Crippen LogP contribution is 2.24. The predicted octanol–water partition coefficient (Wildman–Crippen LogP) is 4.32. The lowest BCUT2D eigenvalue weighted by Crippen LogP contribution is -2.35. The standard InChI is InChI=1S/C14H20ClNO.C2H6/c1-11(2)12-3-4-13(14(15)9-12)10-16-5-7-17-8-6-16;1-2/h3-4,9,11H,5-8,10H2,1-2H3;1-2H3. The van der Waals surface area contributed by atoms with Crippen molar-refractivity contribution in [3.05, 3.63) is 34.3 Å². The van der Waals surface area contributed by atoms with Gasteiger partial charge in [-0.1, -0.05) is 51.4 Å². The molecule has 2 nitrogen and oxygen atoms in total. The van der Waals surface area contributed by atoms with E-state index in [-0.39, 0.29) is 0 Å². The number of morpholine rings is 1. The molecular formula is C16H26ClNO. The lowest BCUT2D eigenvalue weighted by molar-refractivity contribution is 0.0342. The molecule has 1 aliphatic heterocycles. The maximum absolute atomic E-state index is 6.33. The number of benzene rings is 1. The fourth-order valence-corrected chi connectivity index (χ4v) is 2.30. The second-order valence-electron chi connectivity index (χ2n) is 4.89. The van der Waals surface area contributed by atoms with E-state index >= 15 is 0 Å². The van der Waals surface area contributed by atoms with Gasteiger partial charge in [0.15, 0.2) is 0 Å². The van der Waals surface area contributed by atoms with Crippen molar-refractivity contribution in [1.29, 1.82) is 0 Å². The first-order valence-electron chi connectivity index (χ1n) is 7.25. The monoisotopic (exact) mass is 283 g/mol. The summed E-state index contributed by atoms with van der Waals surface area (Å²) in [5, 5.41) is 0.891. The Labute approximate surface area is 122 Å². The summed E-state index contributed by atoms with van der Waals surface area (Å²) in [6.07, 6.45) is 0. The van der Waals surface area contributed by atoms with Crippen LogP contribution in [-0.4, -0.2) is 31.2 Å². The highest BCUT2D eigenvalue weighted by molar-refractivity contribution is 6.31. The quantitative estimate of drug-likeness (QED) is 0.819. The summed E-state index contributed by atoms with van der Waals surface area (Å²) in [6, 6.07) is 6.45. The van der Waals surface area contributed by atoms with E-state index in [9.17, 15) is 0 Å². The second kappa shape index (κ2) is 8.57. The van der Waals surface area contributed by atoms with Crippen molar-refractivity contribution in [1.82, 2.24) is 4.90 Å². The molecule has 0 atom stereocenters. The topological polar surface area (TPSA) is 12.5 Å². The van der Waals surface area contributed by atoms with Crippen LogP contribution < -0.4 is 0 Å². The maximum Gasteiger partial charge on any atom is 0.0594 e. The maximum atomic E-state index is 6.33. The van der Waals surface area contributed by atoms with Gasteiger partial charge in [0.1, 0.15) is 0 Å². The summed E-state index contributed by atoms with van der Waals surface area (Å²) in [7, 11) is 0. The first kappa shape index (κ1) is 16.5. The van der Waals surface area contributed by atoms with Crippen molar-refractivity contribution >= 4 is 11.6 Å². The van der Waals surface area contributed by atoms with Gasteiger partial charge in [-0.3, -0.25) is 4.90 Å². The Balaban J connectivity index is 0.000000861. The molecule has 1 aromatic rings. The van der Waals surface area contributed by atoms with Crippen LogP contribution in [0.15, 0.2) is 18.2 Å². The van der Waals surface area contributed by atoms with Crippen molar-refractivity contribution in [2.45, 2.75) is 40.2 Å². The van der Waals surface area contributed by atoms with E-state index in [4.69, 9.17) is 16.3 Å². The van der Waals surface area contributed by atoms with E-state index < -0.39 is 0 Å². The number of hydrogen-bond donors (Lipinski definition) is 0. The van der Waals surface area contributed by atoms with E-state index in [1.165, 1.54) is 11.1 Å². The van der Waals surface area contributed by atoms with Crippen molar-refractivity contribution in [2.75, 3.05) is 26.3 Å². The molecule has 1 fully saturated rings. The summed E-state index contributed by atoms with van der Waals surface area (Å²) in [5.41, 5.74) is 2.53. The van der Waals surface area contributed by atoms with Crippen LogP contribution in [-0.2, 0) is 11.3 Å². The predicted molar refractivity (Wildman–Crippen MR) is 83.0 cm³/mol. The van der Waals surface area contributed by atoms with Gasteiger partial charge in [0.2, 0.25) is 0 Å². The third-order valence-corrected chi connectivity index (χ3v) is 3.59. The second-order valence-corrected chi connectivity index (χ2v) is 5.30. The minimum Gasteiger partial charge on any atom is -0.379 e. The van der Waals surface area contributed by atoms with E-state index in [2.05, 4.69) is 36.9 Å². The van der Waals surface area contributed by atoms with Gasteiger partial charge in [-0.15, -0.1) is 0 Å². The number of hydrogen-bond acceptors (Lipinski definition) is 2. The third kappa shape index (κ3) is 5.13. The Hall–Kier alpha value is -0.570. The molecule has 3 heteroatoms. The molecule has 1 aliphatic rings. The summed E-state index contributed by atoms with van der Waals surface area (Å²) in [6.45, 7) is 13.0. The van der Waals surface area contributed by atoms with Gasteiger partial charge in [-0.2, -0.15) is 0 Å². The average Bonchev–Trinajstić information content (AvgIpc) is 2.44. The minimum atomic E-state index is 0.532. The molecule has 1 saturated heterocycles. The average molecular weight is 284 g/mol. The van der Waals surface area contributed by atoms with Crippen LogP contribution in [0.1, 0.15) is 44.7 Å². The summed E-state index contributed by atoms with van der Waals surface area (Å²) < 4.78 is 5.34. The number of ether oxygens (including phenoxy) is 1. The lowest BCUT2D eigenvalue weighted by Gasteiger charge is -2.27. The van der Waals surface area contributed by atoms with Gasteiger partial charge in [-0.25, -0.2) is 0 Å². The van der Waals surface area contributed by atoms with Crippen molar-refractivity contribution in [2.24, 2.45) is 0 Å². The molecule has 108 valence electrons. The highest BCUT2D eigenvalue weighted by Gasteiger charge is 2.12. The molecular weight excluding hydrogens is 258 g/mol. The Bertz CT molecular complexity index is 373. The zero-order valence-corrected chi connectivity index (χ0v) is 13.3. The van der Waals surface area contributed by atoms with Crippen molar-refractivity contribution < 1.29 is 4.74 Å². The molecule has 0 amide bonds. The molecule has 0 aliphatic carbocycles. The molecule has 0 radical (unpaired) electrons. The largest absolute Gasteiger partial charge is 0.379 e. The highest BCUT2D eigenvalue weighted by atomic mass is 35.5. The number of nitrogens with zero attached hydrogens (tertiary/aromatic N) is 1. The summed E-state index contributed by atoms with van der Waals surface area (Å²) in [4.78, 5) is 2.39. The molecule has 0 aromatic heterocycles. The molecule has 19 heavy (non-hydrogen) atoms. The molecule has 0 bridgehead atoms. The van der Waals surface area contributed by atoms with Crippen LogP contribution in [0.3, 0.4) is 0 Å². The zero-order valence-electron chi connectivity index (χ0n) is 12.6. The normalized spacial score (nSPS) is 16.1. The first-order chi connectivity index (χ1) is 9.16. The fourth-order valence-electron chi connectivity index (χ4n) is 2.05. The van der Waals surface area contributed by atoms with Crippen LogP contribution >= 0.6 is 11.6 Å². The van der Waals surface area contributed by atoms with Crippen LogP contribution in [0.5, 0.6) is 0 Å². The molecule has 2 rings (SSSR count).